The second kappa shape index (κ2) is 3.18. The first-order valence-corrected chi connectivity index (χ1v) is 5.75. The zero-order valence-electron chi connectivity index (χ0n) is 6.40. The first kappa shape index (κ1) is 11.0. The minimum atomic E-state index is -4.59. The van der Waals surface area contributed by atoms with E-state index in [0.717, 1.165) is 0 Å². The van der Waals surface area contributed by atoms with E-state index < -0.39 is 24.9 Å². The van der Waals surface area contributed by atoms with Crippen molar-refractivity contribution in [2.75, 3.05) is 0 Å². The predicted octanol–water partition coefficient (Wildman–Crippen LogP) is 0.268. The summed E-state index contributed by atoms with van der Waals surface area (Å²) in [6.07, 6.45) is 0. The Morgan fingerprint density at radius 2 is 1.73 bits per heavy atom. The Kier molecular flexibility index (Phi) is 3.18. The summed E-state index contributed by atoms with van der Waals surface area (Å²) in [6.45, 7) is 4.57. The van der Waals surface area contributed by atoms with Crippen LogP contribution in [0.1, 0.15) is 20.8 Å². The van der Waals surface area contributed by atoms with Gasteiger partial charge < -0.3 is 0 Å². The Balaban J connectivity index is 4.35. The molecule has 7 heteroatoms. The molecule has 0 aliphatic rings. The largest absolute Gasteiger partial charge is 0.373 e. The van der Waals surface area contributed by atoms with E-state index in [1.807, 2.05) is 0 Å². The van der Waals surface area contributed by atoms with Gasteiger partial charge in [0.05, 0.1) is 5.60 Å². The van der Waals surface area contributed by atoms with Crippen LogP contribution < -0.4 is 0 Å². The van der Waals surface area contributed by atoms with E-state index in [2.05, 4.69) is 4.18 Å². The fraction of sp³-hybridized carbons (Fsp3) is 1.00. The molecule has 0 fully saturated rings. The minimum absolute atomic E-state index is 0.860. The van der Waals surface area contributed by atoms with E-state index in [0.29, 0.717) is 0 Å². The van der Waals surface area contributed by atoms with Crippen LogP contribution in [0, 0.1) is 0 Å². The van der Waals surface area contributed by atoms with Gasteiger partial charge in [0.1, 0.15) is 0 Å². The van der Waals surface area contributed by atoms with Crippen molar-refractivity contribution in [1.29, 1.82) is 0 Å². The van der Waals surface area contributed by atoms with Crippen LogP contribution in [-0.4, -0.2) is 22.8 Å². The fourth-order valence-electron chi connectivity index (χ4n) is 0.247. The van der Waals surface area contributed by atoms with Crippen molar-refractivity contribution in [2.45, 2.75) is 26.4 Å². The van der Waals surface area contributed by atoms with Crippen LogP contribution in [0.5, 0.6) is 0 Å². The molecule has 0 aliphatic carbocycles. The highest BCUT2D eigenvalue weighted by Crippen LogP contribution is 2.11. The van der Waals surface area contributed by atoms with Crippen LogP contribution in [0.3, 0.4) is 0 Å². The summed E-state index contributed by atoms with van der Waals surface area (Å²) in [5, 5.41) is 0. The van der Waals surface area contributed by atoms with Crippen molar-refractivity contribution in [3.05, 3.63) is 0 Å². The van der Waals surface area contributed by atoms with Crippen molar-refractivity contribution >= 4 is 19.3 Å². The summed E-state index contributed by atoms with van der Waals surface area (Å²) >= 11 is 0. The zero-order valence-corrected chi connectivity index (χ0v) is 8.03. The average molecular weight is 202 g/mol. The van der Waals surface area contributed by atoms with E-state index in [1.54, 1.807) is 0 Å². The molecule has 1 atom stereocenters. The van der Waals surface area contributed by atoms with E-state index >= 15 is 0 Å². The highest BCUT2D eigenvalue weighted by molar-refractivity contribution is 8.59. The summed E-state index contributed by atoms with van der Waals surface area (Å²) in [7, 11) is -7.27. The standard InChI is InChI=1S/C4H10O5S2/c1-4(2,3)9-10(5)11(6,7)8/h1-3H3,(H,6,7,8). The maximum Gasteiger partial charge on any atom is 0.373 e. The summed E-state index contributed by atoms with van der Waals surface area (Å²) in [6, 6.07) is 0. The highest BCUT2D eigenvalue weighted by atomic mass is 33.2. The second-order valence-corrected chi connectivity index (χ2v) is 6.34. The summed E-state index contributed by atoms with van der Waals surface area (Å²) < 4.78 is 43.4. The molecular formula is C4H10O5S2. The molecule has 0 bridgehead atoms. The minimum Gasteiger partial charge on any atom is -0.274 e. The molecule has 0 saturated heterocycles. The number of hydrogen-bond donors (Lipinski definition) is 1. The van der Waals surface area contributed by atoms with Gasteiger partial charge in [-0.05, 0) is 20.8 Å². The molecule has 0 rings (SSSR count). The Hall–Kier alpha value is 0.0200. The van der Waals surface area contributed by atoms with Crippen LogP contribution in [0.15, 0.2) is 0 Å². The number of hydrogen-bond acceptors (Lipinski definition) is 4. The third-order valence-electron chi connectivity index (χ3n) is 0.490. The van der Waals surface area contributed by atoms with Crippen molar-refractivity contribution < 1.29 is 21.4 Å². The molecule has 0 spiro atoms. The van der Waals surface area contributed by atoms with Crippen LogP contribution in [0.25, 0.3) is 0 Å². The van der Waals surface area contributed by atoms with E-state index in [4.69, 9.17) is 4.55 Å². The fourth-order valence-corrected chi connectivity index (χ4v) is 1.61. The van der Waals surface area contributed by atoms with Crippen molar-refractivity contribution in [2.24, 2.45) is 0 Å². The Labute approximate surface area is 67.6 Å². The molecule has 1 unspecified atom stereocenters. The quantitative estimate of drug-likeness (QED) is 0.513. The lowest BCUT2D eigenvalue weighted by molar-refractivity contribution is 0.155. The molecule has 0 amide bonds. The van der Waals surface area contributed by atoms with E-state index in [1.165, 1.54) is 20.8 Å². The van der Waals surface area contributed by atoms with Crippen molar-refractivity contribution in [1.82, 2.24) is 0 Å². The van der Waals surface area contributed by atoms with Gasteiger partial charge in [-0.25, -0.2) is 4.21 Å². The molecule has 68 valence electrons. The van der Waals surface area contributed by atoms with Gasteiger partial charge in [-0.3, -0.25) is 8.74 Å². The van der Waals surface area contributed by atoms with Gasteiger partial charge in [-0.2, -0.15) is 8.42 Å². The van der Waals surface area contributed by atoms with Gasteiger partial charge in [0.2, 0.25) is 0 Å². The van der Waals surface area contributed by atoms with Crippen molar-refractivity contribution in [3.8, 4) is 0 Å². The monoisotopic (exact) mass is 202 g/mol. The lowest BCUT2D eigenvalue weighted by Gasteiger charge is -2.15. The average Bonchev–Trinajstić information content (AvgIpc) is 1.56. The van der Waals surface area contributed by atoms with E-state index in [9.17, 15) is 12.6 Å². The second-order valence-electron chi connectivity index (χ2n) is 2.83. The van der Waals surface area contributed by atoms with Gasteiger partial charge in [0.15, 0.2) is 0 Å². The van der Waals surface area contributed by atoms with Gasteiger partial charge in [0, 0.05) is 0 Å². The molecule has 0 aliphatic heterocycles. The maximum absolute atomic E-state index is 10.5. The van der Waals surface area contributed by atoms with Gasteiger partial charge >= 0.3 is 19.3 Å². The zero-order chi connectivity index (χ0) is 9.28. The van der Waals surface area contributed by atoms with Crippen LogP contribution >= 0.6 is 0 Å². The first-order valence-electron chi connectivity index (χ1n) is 2.72. The van der Waals surface area contributed by atoms with Gasteiger partial charge in [0.25, 0.3) is 0 Å². The molecule has 0 aromatic heterocycles. The lowest BCUT2D eigenvalue weighted by Crippen LogP contribution is -2.24. The molecule has 1 N–H and O–H groups in total. The first-order chi connectivity index (χ1) is 4.63. The van der Waals surface area contributed by atoms with Crippen LogP contribution in [-0.2, 0) is 23.4 Å². The smallest absolute Gasteiger partial charge is 0.274 e. The van der Waals surface area contributed by atoms with Crippen LogP contribution in [0.2, 0.25) is 0 Å². The van der Waals surface area contributed by atoms with Gasteiger partial charge in [-0.15, -0.1) is 0 Å². The molecule has 0 radical (unpaired) electrons. The third kappa shape index (κ3) is 5.31. The molecule has 5 nitrogen and oxygen atoms in total. The Morgan fingerprint density at radius 3 is 1.82 bits per heavy atom. The Bertz CT molecular complexity index is 246. The Morgan fingerprint density at radius 1 is 1.36 bits per heavy atom. The van der Waals surface area contributed by atoms with E-state index in [-0.39, 0.29) is 0 Å². The lowest BCUT2D eigenvalue weighted by atomic mass is 10.2. The molecule has 0 aromatic carbocycles. The SMILES string of the molecule is CC(C)(C)OS(=O)S(=O)(=O)O. The summed E-state index contributed by atoms with van der Waals surface area (Å²) in [5.41, 5.74) is -0.860. The summed E-state index contributed by atoms with van der Waals surface area (Å²) in [4.78, 5) is 0. The topological polar surface area (TPSA) is 80.7 Å². The molecule has 0 aromatic rings. The highest BCUT2D eigenvalue weighted by Gasteiger charge is 2.24. The van der Waals surface area contributed by atoms with Crippen molar-refractivity contribution in [3.63, 3.8) is 0 Å². The molecule has 0 heterocycles. The maximum atomic E-state index is 10.5. The van der Waals surface area contributed by atoms with Gasteiger partial charge in [-0.1, -0.05) is 0 Å². The normalized spacial score (nSPS) is 16.4. The molecule has 11 heavy (non-hydrogen) atoms. The molecule has 0 saturated carbocycles. The predicted molar refractivity (Wildman–Crippen MR) is 40.5 cm³/mol. The third-order valence-corrected chi connectivity index (χ3v) is 2.71. The van der Waals surface area contributed by atoms with Crippen LogP contribution in [0.4, 0.5) is 0 Å². The summed E-state index contributed by atoms with van der Waals surface area (Å²) in [5.74, 6) is 0. The number of rotatable bonds is 2. The molecular weight excluding hydrogens is 192 g/mol.